The largest absolute Gasteiger partial charge is 0.435 e. The molecule has 44 heavy (non-hydrogen) atoms. The zero-order chi connectivity index (χ0) is 31.9. The summed E-state index contributed by atoms with van der Waals surface area (Å²) in [5.41, 5.74) is 1.45. The predicted octanol–water partition coefficient (Wildman–Crippen LogP) is 6.59. The van der Waals surface area contributed by atoms with E-state index in [1.807, 2.05) is 75.3 Å². The summed E-state index contributed by atoms with van der Waals surface area (Å²) in [6.45, 7) is 3.87. The van der Waals surface area contributed by atoms with Gasteiger partial charge in [0.15, 0.2) is 0 Å². The quantitative estimate of drug-likeness (QED) is 0.140. The van der Waals surface area contributed by atoms with Gasteiger partial charge in [-0.15, -0.1) is 10.1 Å². The SMILES string of the molecule is CN(C)c1cc[n+](/C(=N/S(=O)(=O)c2ccc(C(F)(F)F)cc2)N2N=C(c3ccc(Cl)cc3)C(c3ccccc3)C2(C)C)cc1. The Morgan fingerprint density at radius 1 is 0.932 bits per heavy atom. The fraction of sp³-hybridized carbons (Fsp3) is 0.219. The fourth-order valence-corrected chi connectivity index (χ4v) is 6.23. The summed E-state index contributed by atoms with van der Waals surface area (Å²) in [5.74, 6) is -0.379. The second-order valence-corrected chi connectivity index (χ2v) is 13.1. The van der Waals surface area contributed by atoms with E-state index in [9.17, 15) is 21.6 Å². The number of hydrazone groups is 1. The molecule has 0 N–H and O–H groups in total. The highest BCUT2D eigenvalue weighted by molar-refractivity contribution is 7.90. The normalized spacial score (nSPS) is 17.0. The molecule has 0 saturated heterocycles. The van der Waals surface area contributed by atoms with E-state index in [2.05, 4.69) is 4.40 Å². The molecule has 0 radical (unpaired) electrons. The van der Waals surface area contributed by atoms with Crippen LogP contribution in [0.3, 0.4) is 0 Å². The molecular formula is C32H30ClF3N5O2S+. The standard InChI is InChI=1S/C32H30ClF3N5O2S/c1-31(2)28(22-8-6-5-7-9-22)29(23-10-14-25(33)15-11-23)37-41(31)30(40-20-18-26(19-21-40)39(3)4)38-44(42,43)27-16-12-24(13-17-27)32(34,35)36/h5-21,28H,1-4H3/q+1/b38-30-. The number of sulfonamides is 1. The van der Waals surface area contributed by atoms with Gasteiger partial charge in [0.25, 0.3) is 0 Å². The van der Waals surface area contributed by atoms with Crippen LogP contribution in [0.15, 0.2) is 118 Å². The van der Waals surface area contributed by atoms with E-state index in [0.29, 0.717) is 10.7 Å². The Morgan fingerprint density at radius 2 is 1.52 bits per heavy atom. The number of halogens is 4. The molecule has 228 valence electrons. The number of alkyl halides is 3. The van der Waals surface area contributed by atoms with Crippen LogP contribution in [0.4, 0.5) is 18.9 Å². The van der Waals surface area contributed by atoms with Crippen molar-refractivity contribution in [3.05, 3.63) is 125 Å². The van der Waals surface area contributed by atoms with Crippen molar-refractivity contribution in [2.75, 3.05) is 19.0 Å². The van der Waals surface area contributed by atoms with Crippen molar-refractivity contribution in [3.63, 3.8) is 0 Å². The van der Waals surface area contributed by atoms with Gasteiger partial charge in [0.05, 0.1) is 29.6 Å². The summed E-state index contributed by atoms with van der Waals surface area (Å²) in [6.07, 6.45) is -1.28. The second-order valence-electron chi connectivity index (χ2n) is 11.0. The third kappa shape index (κ3) is 6.20. The molecule has 12 heteroatoms. The Kier molecular flexibility index (Phi) is 8.30. The van der Waals surface area contributed by atoms with Gasteiger partial charge in [0.2, 0.25) is 0 Å². The number of benzene rings is 3. The first-order valence-corrected chi connectivity index (χ1v) is 15.4. The van der Waals surface area contributed by atoms with Crippen molar-refractivity contribution in [3.8, 4) is 0 Å². The van der Waals surface area contributed by atoms with Gasteiger partial charge in [-0.25, -0.2) is 4.57 Å². The Hall–Kier alpha value is -4.22. The Labute approximate surface area is 259 Å². The summed E-state index contributed by atoms with van der Waals surface area (Å²) in [6, 6.07) is 23.8. The van der Waals surface area contributed by atoms with Crippen LogP contribution in [0.2, 0.25) is 5.02 Å². The smallest absolute Gasteiger partial charge is 0.377 e. The first-order chi connectivity index (χ1) is 20.7. The van der Waals surface area contributed by atoms with Crippen LogP contribution in [0, 0.1) is 0 Å². The molecule has 1 aromatic heterocycles. The van der Waals surface area contributed by atoms with Gasteiger partial charge in [0, 0.05) is 29.2 Å². The molecule has 1 aliphatic rings. The van der Waals surface area contributed by atoms with Gasteiger partial charge in [-0.2, -0.15) is 21.6 Å². The highest BCUT2D eigenvalue weighted by Gasteiger charge is 2.53. The first-order valence-electron chi connectivity index (χ1n) is 13.6. The molecule has 0 saturated carbocycles. The summed E-state index contributed by atoms with van der Waals surface area (Å²) >= 11 is 6.18. The third-order valence-corrected chi connectivity index (χ3v) is 8.96. The number of nitrogens with zero attached hydrogens (tertiary/aromatic N) is 5. The third-order valence-electron chi connectivity index (χ3n) is 7.44. The van der Waals surface area contributed by atoms with Crippen molar-refractivity contribution in [2.45, 2.75) is 36.4 Å². The van der Waals surface area contributed by atoms with Crippen molar-refractivity contribution in [1.29, 1.82) is 0 Å². The van der Waals surface area contributed by atoms with Crippen molar-refractivity contribution in [2.24, 2.45) is 9.50 Å². The minimum Gasteiger partial charge on any atom is -0.377 e. The van der Waals surface area contributed by atoms with Crippen LogP contribution in [0.25, 0.3) is 0 Å². The summed E-state index contributed by atoms with van der Waals surface area (Å²) < 4.78 is 72.7. The Bertz CT molecular complexity index is 1810. The lowest BCUT2D eigenvalue weighted by molar-refractivity contribution is -0.566. The van der Waals surface area contributed by atoms with Gasteiger partial charge in [-0.1, -0.05) is 54.1 Å². The Morgan fingerprint density at radius 3 is 2.07 bits per heavy atom. The van der Waals surface area contributed by atoms with Gasteiger partial charge >= 0.3 is 22.2 Å². The van der Waals surface area contributed by atoms with E-state index in [4.69, 9.17) is 16.7 Å². The van der Waals surface area contributed by atoms with Gasteiger partial charge in [0.1, 0.15) is 10.4 Å². The first kappa shape index (κ1) is 31.2. The number of aromatic nitrogens is 1. The summed E-state index contributed by atoms with van der Waals surface area (Å²) in [4.78, 5) is 1.51. The predicted molar refractivity (Wildman–Crippen MR) is 166 cm³/mol. The van der Waals surface area contributed by atoms with Gasteiger partial charge in [-0.05, 0) is 73.5 Å². The fourth-order valence-electron chi connectivity index (χ4n) is 5.13. The monoisotopic (exact) mass is 640 g/mol. The lowest BCUT2D eigenvalue weighted by atomic mass is 9.77. The molecule has 3 aromatic carbocycles. The molecule has 1 unspecified atom stereocenters. The average Bonchev–Trinajstić information content (AvgIpc) is 3.26. The van der Waals surface area contributed by atoms with Crippen molar-refractivity contribution >= 4 is 39.0 Å². The number of anilines is 1. The molecule has 0 amide bonds. The van der Waals surface area contributed by atoms with Crippen LogP contribution >= 0.6 is 11.6 Å². The minimum atomic E-state index is -4.61. The van der Waals surface area contributed by atoms with Crippen molar-refractivity contribution < 1.29 is 26.2 Å². The van der Waals surface area contributed by atoms with Crippen LogP contribution in [-0.2, 0) is 16.2 Å². The van der Waals surface area contributed by atoms with Crippen LogP contribution in [-0.4, -0.2) is 44.7 Å². The van der Waals surface area contributed by atoms with E-state index < -0.39 is 27.3 Å². The van der Waals surface area contributed by atoms with Gasteiger partial charge in [-0.3, -0.25) is 0 Å². The summed E-state index contributed by atoms with van der Waals surface area (Å²) in [5, 5.41) is 7.11. The van der Waals surface area contributed by atoms with Crippen molar-refractivity contribution in [1.82, 2.24) is 5.01 Å². The van der Waals surface area contributed by atoms with E-state index >= 15 is 0 Å². The summed E-state index contributed by atoms with van der Waals surface area (Å²) in [7, 11) is -0.742. The molecule has 0 bridgehead atoms. The van der Waals surface area contributed by atoms with Gasteiger partial charge < -0.3 is 4.90 Å². The van der Waals surface area contributed by atoms with E-state index in [0.717, 1.165) is 41.1 Å². The highest BCUT2D eigenvalue weighted by atomic mass is 35.5. The molecule has 1 aliphatic heterocycles. The highest BCUT2D eigenvalue weighted by Crippen LogP contribution is 2.42. The lowest BCUT2D eigenvalue weighted by Gasteiger charge is -2.31. The molecule has 2 heterocycles. The molecule has 4 aromatic rings. The number of pyridine rings is 1. The molecule has 1 atom stereocenters. The maximum atomic E-state index is 13.7. The molecule has 5 rings (SSSR count). The van der Waals surface area contributed by atoms with E-state index in [-0.39, 0.29) is 16.8 Å². The molecule has 0 fully saturated rings. The van der Waals surface area contributed by atoms with E-state index in [1.165, 1.54) is 4.57 Å². The Balaban J connectivity index is 1.71. The lowest BCUT2D eigenvalue weighted by Crippen LogP contribution is -2.57. The second kappa shape index (κ2) is 11.7. The zero-order valence-electron chi connectivity index (χ0n) is 24.4. The average molecular weight is 641 g/mol. The number of hydrogen-bond acceptors (Lipinski definition) is 4. The number of hydrogen-bond donors (Lipinski definition) is 0. The molecule has 7 nitrogen and oxygen atoms in total. The number of rotatable bonds is 5. The molecule has 0 spiro atoms. The molecule has 0 aliphatic carbocycles. The topological polar surface area (TPSA) is 69.2 Å². The maximum Gasteiger partial charge on any atom is 0.435 e. The van der Waals surface area contributed by atoms with Crippen LogP contribution < -0.4 is 9.47 Å². The zero-order valence-corrected chi connectivity index (χ0v) is 25.9. The molecular weight excluding hydrogens is 611 g/mol. The van der Waals surface area contributed by atoms with Crippen LogP contribution in [0.1, 0.15) is 36.5 Å². The van der Waals surface area contributed by atoms with Crippen LogP contribution in [0.5, 0.6) is 0 Å². The maximum absolute atomic E-state index is 13.7. The minimum absolute atomic E-state index is 0.0508. The van der Waals surface area contributed by atoms with E-state index in [1.54, 1.807) is 41.7 Å².